The Morgan fingerprint density at radius 3 is 2.58 bits per heavy atom. The van der Waals surface area contributed by atoms with Gasteiger partial charge in [-0.3, -0.25) is 14.9 Å². The minimum absolute atomic E-state index is 0.147. The van der Waals surface area contributed by atoms with Crippen molar-refractivity contribution in [3.8, 4) is 5.75 Å². The van der Waals surface area contributed by atoms with Crippen molar-refractivity contribution in [1.29, 1.82) is 0 Å². The largest absolute Gasteiger partial charge is 0.496 e. The molecule has 1 N–H and O–H groups in total. The van der Waals surface area contributed by atoms with Gasteiger partial charge in [-0.25, -0.2) is 0 Å². The van der Waals surface area contributed by atoms with Crippen molar-refractivity contribution in [2.75, 3.05) is 32.1 Å². The maximum Gasteiger partial charge on any atom is 0.270 e. The number of methoxy groups -OCH3 is 1. The number of carbonyl (C=O) groups is 1. The molecule has 24 heavy (non-hydrogen) atoms. The topological polar surface area (TPSA) is 84.7 Å². The number of anilines is 1. The highest BCUT2D eigenvalue weighted by atomic mass is 16.6. The summed E-state index contributed by atoms with van der Waals surface area (Å²) in [4.78, 5) is 24.6. The monoisotopic (exact) mass is 329 g/mol. The van der Waals surface area contributed by atoms with Crippen LogP contribution in [0.1, 0.15) is 10.4 Å². The highest BCUT2D eigenvalue weighted by molar-refractivity contribution is 5.97. The van der Waals surface area contributed by atoms with Gasteiger partial charge < -0.3 is 15.0 Å². The molecule has 0 fully saturated rings. The van der Waals surface area contributed by atoms with Crippen molar-refractivity contribution >= 4 is 17.3 Å². The van der Waals surface area contributed by atoms with Crippen LogP contribution in [-0.2, 0) is 0 Å². The Morgan fingerprint density at radius 2 is 1.96 bits per heavy atom. The van der Waals surface area contributed by atoms with E-state index in [0.717, 1.165) is 5.69 Å². The molecule has 0 radical (unpaired) electrons. The van der Waals surface area contributed by atoms with Crippen LogP contribution in [0.4, 0.5) is 11.4 Å². The lowest BCUT2D eigenvalue weighted by Gasteiger charge is -2.19. The zero-order chi connectivity index (χ0) is 17.5. The highest BCUT2D eigenvalue weighted by Gasteiger charge is 2.17. The normalized spacial score (nSPS) is 10.1. The van der Waals surface area contributed by atoms with Crippen LogP contribution >= 0.6 is 0 Å². The van der Waals surface area contributed by atoms with Gasteiger partial charge in [-0.1, -0.05) is 18.2 Å². The summed E-state index contributed by atoms with van der Waals surface area (Å²) < 4.78 is 5.10. The second-order valence-corrected chi connectivity index (χ2v) is 5.15. The number of benzene rings is 2. The molecule has 0 aliphatic carbocycles. The van der Waals surface area contributed by atoms with Crippen molar-refractivity contribution in [1.82, 2.24) is 5.32 Å². The first-order valence-corrected chi connectivity index (χ1v) is 7.39. The van der Waals surface area contributed by atoms with E-state index in [1.54, 1.807) is 0 Å². The minimum Gasteiger partial charge on any atom is -0.496 e. The molecule has 7 nitrogen and oxygen atoms in total. The molecule has 0 saturated heterocycles. The third kappa shape index (κ3) is 4.22. The van der Waals surface area contributed by atoms with Crippen LogP contribution < -0.4 is 15.0 Å². The molecule has 2 aromatic rings. The van der Waals surface area contributed by atoms with Gasteiger partial charge in [0.1, 0.15) is 5.75 Å². The number of nitrogens with zero attached hydrogens (tertiary/aromatic N) is 2. The molecule has 0 heterocycles. The fourth-order valence-electron chi connectivity index (χ4n) is 2.23. The molecule has 7 heteroatoms. The predicted molar refractivity (Wildman–Crippen MR) is 91.7 cm³/mol. The smallest absolute Gasteiger partial charge is 0.270 e. The van der Waals surface area contributed by atoms with E-state index in [0.29, 0.717) is 18.8 Å². The molecule has 0 bridgehead atoms. The van der Waals surface area contributed by atoms with Gasteiger partial charge in [0.05, 0.1) is 17.6 Å². The SMILES string of the molecule is COc1ccc([N+](=O)[O-])cc1C(=O)NCCN(C)c1ccccc1. The Morgan fingerprint density at radius 1 is 1.25 bits per heavy atom. The van der Waals surface area contributed by atoms with E-state index in [4.69, 9.17) is 4.74 Å². The van der Waals surface area contributed by atoms with Gasteiger partial charge in [-0.2, -0.15) is 0 Å². The quantitative estimate of drug-likeness (QED) is 0.623. The molecular formula is C17H19N3O4. The number of amides is 1. The summed E-state index contributed by atoms with van der Waals surface area (Å²) in [7, 11) is 3.34. The standard InChI is InChI=1S/C17H19N3O4/c1-19(13-6-4-3-5-7-13)11-10-18-17(21)15-12-14(20(22)23)8-9-16(15)24-2/h3-9,12H,10-11H2,1-2H3,(H,18,21). The third-order valence-electron chi connectivity index (χ3n) is 3.57. The van der Waals surface area contributed by atoms with Crippen LogP contribution in [0.25, 0.3) is 0 Å². The Labute approximate surface area is 140 Å². The predicted octanol–water partition coefficient (Wildman–Crippen LogP) is 2.47. The molecular weight excluding hydrogens is 310 g/mol. The summed E-state index contributed by atoms with van der Waals surface area (Å²) in [6.45, 7) is 1.00. The van der Waals surface area contributed by atoms with Crippen molar-refractivity contribution in [2.45, 2.75) is 0 Å². The number of para-hydroxylation sites is 1. The fraction of sp³-hybridized carbons (Fsp3) is 0.235. The van der Waals surface area contributed by atoms with Gasteiger partial charge in [-0.05, 0) is 18.2 Å². The summed E-state index contributed by atoms with van der Waals surface area (Å²) in [5.41, 5.74) is 1.04. The zero-order valence-corrected chi connectivity index (χ0v) is 13.6. The summed E-state index contributed by atoms with van der Waals surface area (Å²) in [5, 5.41) is 13.6. The average Bonchev–Trinajstić information content (AvgIpc) is 2.61. The van der Waals surface area contributed by atoms with Gasteiger partial charge in [0.15, 0.2) is 0 Å². The molecule has 0 aliphatic rings. The molecule has 2 aromatic carbocycles. The number of nitro groups is 1. The van der Waals surface area contributed by atoms with E-state index in [2.05, 4.69) is 5.32 Å². The van der Waals surface area contributed by atoms with Crippen LogP contribution in [0.2, 0.25) is 0 Å². The van der Waals surface area contributed by atoms with Crippen LogP contribution in [0, 0.1) is 10.1 Å². The lowest BCUT2D eigenvalue weighted by molar-refractivity contribution is -0.384. The van der Waals surface area contributed by atoms with E-state index in [9.17, 15) is 14.9 Å². The molecule has 2 rings (SSSR count). The zero-order valence-electron chi connectivity index (χ0n) is 13.6. The lowest BCUT2D eigenvalue weighted by atomic mass is 10.1. The number of likely N-dealkylation sites (N-methyl/N-ethyl adjacent to an activating group) is 1. The van der Waals surface area contributed by atoms with E-state index in [-0.39, 0.29) is 11.3 Å². The molecule has 0 spiro atoms. The molecule has 0 unspecified atom stereocenters. The van der Waals surface area contributed by atoms with Crippen LogP contribution in [-0.4, -0.2) is 38.1 Å². The third-order valence-corrected chi connectivity index (χ3v) is 3.57. The van der Waals surface area contributed by atoms with Crippen molar-refractivity contribution in [3.05, 3.63) is 64.2 Å². The summed E-state index contributed by atoms with van der Waals surface area (Å²) in [6.07, 6.45) is 0. The maximum atomic E-state index is 12.3. The first kappa shape index (κ1) is 17.3. The molecule has 1 amide bonds. The molecule has 0 saturated carbocycles. The molecule has 0 atom stereocenters. The van der Waals surface area contributed by atoms with Gasteiger partial charge in [-0.15, -0.1) is 0 Å². The van der Waals surface area contributed by atoms with Crippen LogP contribution in [0.15, 0.2) is 48.5 Å². The highest BCUT2D eigenvalue weighted by Crippen LogP contribution is 2.23. The summed E-state index contributed by atoms with van der Waals surface area (Å²) in [5.74, 6) is -0.105. The Hall–Kier alpha value is -3.09. The molecule has 0 aromatic heterocycles. The van der Waals surface area contributed by atoms with E-state index < -0.39 is 10.8 Å². The number of nitro benzene ring substituents is 1. The van der Waals surface area contributed by atoms with Gasteiger partial charge in [0.2, 0.25) is 0 Å². The number of non-ortho nitro benzene ring substituents is 1. The van der Waals surface area contributed by atoms with Crippen molar-refractivity contribution in [3.63, 3.8) is 0 Å². The number of ether oxygens (including phenoxy) is 1. The first-order valence-electron chi connectivity index (χ1n) is 7.39. The first-order chi connectivity index (χ1) is 11.5. The average molecular weight is 329 g/mol. The van der Waals surface area contributed by atoms with Gasteiger partial charge >= 0.3 is 0 Å². The number of rotatable bonds is 7. The number of carbonyl (C=O) groups excluding carboxylic acids is 1. The Bertz CT molecular complexity index is 719. The Balaban J connectivity index is 1.99. The summed E-state index contributed by atoms with van der Waals surface area (Å²) in [6, 6.07) is 13.7. The fourth-order valence-corrected chi connectivity index (χ4v) is 2.23. The van der Waals surface area contributed by atoms with Crippen molar-refractivity contribution < 1.29 is 14.5 Å². The second kappa shape index (κ2) is 7.96. The molecule has 0 aliphatic heterocycles. The summed E-state index contributed by atoms with van der Waals surface area (Å²) >= 11 is 0. The number of hydrogen-bond acceptors (Lipinski definition) is 5. The molecule has 126 valence electrons. The Kier molecular flexibility index (Phi) is 5.73. The number of hydrogen-bond donors (Lipinski definition) is 1. The van der Waals surface area contributed by atoms with Crippen molar-refractivity contribution in [2.24, 2.45) is 0 Å². The van der Waals surface area contributed by atoms with Crippen LogP contribution in [0.3, 0.4) is 0 Å². The van der Waals surface area contributed by atoms with Crippen LogP contribution in [0.5, 0.6) is 5.75 Å². The van der Waals surface area contributed by atoms with E-state index in [1.165, 1.54) is 25.3 Å². The maximum absolute atomic E-state index is 12.3. The van der Waals surface area contributed by atoms with Gasteiger partial charge in [0, 0.05) is 38.0 Å². The second-order valence-electron chi connectivity index (χ2n) is 5.15. The van der Waals surface area contributed by atoms with E-state index in [1.807, 2.05) is 42.3 Å². The van der Waals surface area contributed by atoms with Gasteiger partial charge in [0.25, 0.3) is 11.6 Å². The van der Waals surface area contributed by atoms with E-state index >= 15 is 0 Å². The number of nitrogens with one attached hydrogen (secondary N) is 1. The lowest BCUT2D eigenvalue weighted by Crippen LogP contribution is -2.33. The minimum atomic E-state index is -0.542.